The average molecular weight is 199 g/mol. The fraction of sp³-hybridized carbons (Fsp3) is 0.778. The summed E-state index contributed by atoms with van der Waals surface area (Å²) in [5, 5.41) is 0. The van der Waals surface area contributed by atoms with Crippen molar-refractivity contribution in [3.05, 3.63) is 0 Å². The van der Waals surface area contributed by atoms with Crippen LogP contribution in [0.1, 0.15) is 26.2 Å². The van der Waals surface area contributed by atoms with Crippen molar-refractivity contribution in [3.8, 4) is 0 Å². The van der Waals surface area contributed by atoms with Crippen LogP contribution in [0.3, 0.4) is 0 Å². The monoisotopic (exact) mass is 199 g/mol. The summed E-state index contributed by atoms with van der Waals surface area (Å²) in [5.41, 5.74) is 10.8. The molecule has 1 fully saturated rings. The first-order valence-corrected chi connectivity index (χ1v) is 4.93. The molecule has 1 rings (SSSR count). The lowest BCUT2D eigenvalue weighted by atomic mass is 10.1. The predicted molar refractivity (Wildman–Crippen MR) is 52.2 cm³/mol. The highest BCUT2D eigenvalue weighted by Gasteiger charge is 2.34. The molecule has 1 aliphatic heterocycles. The quantitative estimate of drug-likeness (QED) is 0.623. The minimum atomic E-state index is -0.505. The van der Waals surface area contributed by atoms with E-state index in [4.69, 9.17) is 11.5 Å². The second-order valence-corrected chi connectivity index (χ2v) is 3.61. The largest absolute Gasteiger partial charge is 0.368 e. The van der Waals surface area contributed by atoms with Gasteiger partial charge in [-0.3, -0.25) is 9.59 Å². The minimum Gasteiger partial charge on any atom is -0.368 e. The Morgan fingerprint density at radius 2 is 2.21 bits per heavy atom. The Hall–Kier alpha value is -1.10. The van der Waals surface area contributed by atoms with E-state index in [1.54, 1.807) is 0 Å². The van der Waals surface area contributed by atoms with E-state index in [0.29, 0.717) is 19.4 Å². The van der Waals surface area contributed by atoms with Crippen molar-refractivity contribution in [3.63, 3.8) is 0 Å². The van der Waals surface area contributed by atoms with Crippen molar-refractivity contribution in [2.75, 3.05) is 6.54 Å². The number of nitrogens with zero attached hydrogens (tertiary/aromatic N) is 1. The Morgan fingerprint density at radius 3 is 2.71 bits per heavy atom. The molecule has 0 spiro atoms. The Balaban J connectivity index is 2.67. The predicted octanol–water partition coefficient (Wildman–Crippen LogP) is -0.800. The van der Waals surface area contributed by atoms with Crippen LogP contribution in [-0.4, -0.2) is 35.3 Å². The van der Waals surface area contributed by atoms with Crippen molar-refractivity contribution in [1.29, 1.82) is 0 Å². The summed E-state index contributed by atoms with van der Waals surface area (Å²) in [6, 6.07) is -0.949. The molecule has 1 aliphatic rings. The molecule has 4 N–H and O–H groups in total. The van der Waals surface area contributed by atoms with Gasteiger partial charge in [0.2, 0.25) is 11.8 Å². The van der Waals surface area contributed by atoms with Gasteiger partial charge in [0, 0.05) is 6.54 Å². The smallest absolute Gasteiger partial charge is 0.240 e. The molecule has 0 bridgehead atoms. The summed E-state index contributed by atoms with van der Waals surface area (Å²) in [5.74, 6) is -0.590. The molecule has 0 unspecified atom stereocenters. The molecule has 0 aromatic rings. The van der Waals surface area contributed by atoms with Gasteiger partial charge in [-0.1, -0.05) is 6.92 Å². The molecule has 2 amide bonds. The van der Waals surface area contributed by atoms with Crippen LogP contribution in [0.2, 0.25) is 0 Å². The van der Waals surface area contributed by atoms with Gasteiger partial charge < -0.3 is 16.4 Å². The number of rotatable bonds is 3. The fourth-order valence-electron chi connectivity index (χ4n) is 1.71. The SMILES string of the molecule is CC[C@H](N)C(=O)N1CCC[C@H]1C(N)=O. The topological polar surface area (TPSA) is 89.4 Å². The van der Waals surface area contributed by atoms with Crippen molar-refractivity contribution < 1.29 is 9.59 Å². The molecule has 0 saturated carbocycles. The third-order valence-corrected chi connectivity index (χ3v) is 2.62. The molecule has 1 saturated heterocycles. The number of amides is 2. The molecule has 14 heavy (non-hydrogen) atoms. The maximum atomic E-state index is 11.7. The number of primary amides is 1. The molecule has 0 radical (unpaired) electrons. The highest BCUT2D eigenvalue weighted by Crippen LogP contribution is 2.17. The van der Waals surface area contributed by atoms with E-state index < -0.39 is 18.0 Å². The summed E-state index contributed by atoms with van der Waals surface area (Å²) < 4.78 is 0. The van der Waals surface area contributed by atoms with Crippen LogP contribution >= 0.6 is 0 Å². The van der Waals surface area contributed by atoms with Crippen LogP contribution in [0.25, 0.3) is 0 Å². The first-order chi connectivity index (χ1) is 6.57. The zero-order chi connectivity index (χ0) is 10.7. The van der Waals surface area contributed by atoms with Gasteiger partial charge in [-0.15, -0.1) is 0 Å². The molecule has 80 valence electrons. The van der Waals surface area contributed by atoms with Crippen molar-refractivity contribution >= 4 is 11.8 Å². The Bertz CT molecular complexity index is 242. The molecule has 0 aromatic heterocycles. The first kappa shape index (κ1) is 11.0. The maximum absolute atomic E-state index is 11.7. The van der Waals surface area contributed by atoms with Gasteiger partial charge in [-0.05, 0) is 19.3 Å². The third-order valence-electron chi connectivity index (χ3n) is 2.62. The van der Waals surface area contributed by atoms with Gasteiger partial charge in [0.1, 0.15) is 6.04 Å². The van der Waals surface area contributed by atoms with Crippen molar-refractivity contribution in [2.24, 2.45) is 11.5 Å². The van der Waals surface area contributed by atoms with E-state index in [9.17, 15) is 9.59 Å². The highest BCUT2D eigenvalue weighted by molar-refractivity contribution is 5.89. The Kier molecular flexibility index (Phi) is 3.46. The molecule has 5 heteroatoms. The van der Waals surface area contributed by atoms with Crippen molar-refractivity contribution in [2.45, 2.75) is 38.3 Å². The number of carbonyl (C=O) groups excluding carboxylic acids is 2. The fourth-order valence-corrected chi connectivity index (χ4v) is 1.71. The normalized spacial score (nSPS) is 23.6. The van der Waals surface area contributed by atoms with Gasteiger partial charge in [0.25, 0.3) is 0 Å². The molecule has 0 aliphatic carbocycles. The number of hydrogen-bond acceptors (Lipinski definition) is 3. The molecule has 5 nitrogen and oxygen atoms in total. The lowest BCUT2D eigenvalue weighted by Crippen LogP contribution is -2.49. The number of nitrogens with two attached hydrogens (primary N) is 2. The molecule has 0 aromatic carbocycles. The minimum absolute atomic E-state index is 0.159. The summed E-state index contributed by atoms with van der Waals surface area (Å²) in [6.45, 7) is 2.44. The van der Waals surface area contributed by atoms with E-state index >= 15 is 0 Å². The molecular weight excluding hydrogens is 182 g/mol. The Labute approximate surface area is 83.4 Å². The lowest BCUT2D eigenvalue weighted by Gasteiger charge is -2.24. The zero-order valence-corrected chi connectivity index (χ0v) is 8.40. The van der Waals surface area contributed by atoms with E-state index in [-0.39, 0.29) is 5.91 Å². The summed E-state index contributed by atoms with van der Waals surface area (Å²) in [6.07, 6.45) is 2.08. The van der Waals surface area contributed by atoms with Gasteiger partial charge in [-0.25, -0.2) is 0 Å². The van der Waals surface area contributed by atoms with Gasteiger partial charge >= 0.3 is 0 Å². The van der Waals surface area contributed by atoms with Gasteiger partial charge in [-0.2, -0.15) is 0 Å². The van der Waals surface area contributed by atoms with E-state index in [2.05, 4.69) is 0 Å². The van der Waals surface area contributed by atoms with Crippen LogP contribution in [0, 0.1) is 0 Å². The maximum Gasteiger partial charge on any atom is 0.240 e. The van der Waals surface area contributed by atoms with Crippen LogP contribution in [0.15, 0.2) is 0 Å². The summed E-state index contributed by atoms with van der Waals surface area (Å²) in [7, 11) is 0. The summed E-state index contributed by atoms with van der Waals surface area (Å²) >= 11 is 0. The van der Waals surface area contributed by atoms with Crippen LogP contribution in [-0.2, 0) is 9.59 Å². The van der Waals surface area contributed by atoms with Crippen molar-refractivity contribution in [1.82, 2.24) is 4.90 Å². The van der Waals surface area contributed by atoms with E-state index in [1.807, 2.05) is 6.92 Å². The second-order valence-electron chi connectivity index (χ2n) is 3.61. The van der Waals surface area contributed by atoms with E-state index in [1.165, 1.54) is 4.90 Å². The number of carbonyl (C=O) groups is 2. The van der Waals surface area contributed by atoms with E-state index in [0.717, 1.165) is 6.42 Å². The number of likely N-dealkylation sites (tertiary alicyclic amines) is 1. The standard InChI is InChI=1S/C9H17N3O2/c1-2-6(10)9(14)12-5-3-4-7(12)8(11)13/h6-7H,2-5,10H2,1H3,(H2,11,13)/t6-,7-/m0/s1. The van der Waals surface area contributed by atoms with Gasteiger partial charge in [0.05, 0.1) is 6.04 Å². The second kappa shape index (κ2) is 4.41. The zero-order valence-electron chi connectivity index (χ0n) is 8.40. The number of hydrogen-bond donors (Lipinski definition) is 2. The molecule has 1 heterocycles. The summed E-state index contributed by atoms with van der Waals surface area (Å²) in [4.78, 5) is 24.2. The highest BCUT2D eigenvalue weighted by atomic mass is 16.2. The van der Waals surface area contributed by atoms with Crippen LogP contribution in [0.5, 0.6) is 0 Å². The lowest BCUT2D eigenvalue weighted by molar-refractivity contribution is -0.138. The van der Waals surface area contributed by atoms with Crippen LogP contribution < -0.4 is 11.5 Å². The average Bonchev–Trinajstić information content (AvgIpc) is 2.63. The van der Waals surface area contributed by atoms with Gasteiger partial charge in [0.15, 0.2) is 0 Å². The molecular formula is C9H17N3O2. The van der Waals surface area contributed by atoms with Crippen LogP contribution in [0.4, 0.5) is 0 Å². The Morgan fingerprint density at radius 1 is 1.57 bits per heavy atom. The third kappa shape index (κ3) is 2.04. The molecule has 2 atom stereocenters. The first-order valence-electron chi connectivity index (χ1n) is 4.93.